The maximum atomic E-state index is 14.3. The molecular weight excluding hydrogens is 412 g/mol. The van der Waals surface area contributed by atoms with Crippen molar-refractivity contribution >= 4 is 11.6 Å². The Bertz CT molecular complexity index is 1800. The van der Waals surface area contributed by atoms with Crippen LogP contribution in [-0.2, 0) is 28.9 Å². The van der Waals surface area contributed by atoms with Gasteiger partial charge in [-0.3, -0.25) is 0 Å². The molecule has 10 fully saturated rings. The van der Waals surface area contributed by atoms with E-state index in [0.717, 1.165) is 40.1 Å². The molecule has 3 heteroatoms. The van der Waals surface area contributed by atoms with Crippen molar-refractivity contribution in [2.45, 2.75) is 66.4 Å². The Kier molecular flexibility index (Phi) is 0.761. The minimum absolute atomic E-state index is 0.0730. The predicted molar refractivity (Wildman–Crippen MR) is 110 cm³/mol. The van der Waals surface area contributed by atoms with E-state index in [1.54, 1.807) is 0 Å². The van der Waals surface area contributed by atoms with Crippen molar-refractivity contribution < 1.29 is 16.1 Å². The molecule has 9 unspecified atom stereocenters. The normalized spacial score (nSPS) is 77.2. The van der Waals surface area contributed by atoms with E-state index in [1.807, 2.05) is 13.0 Å². The van der Waals surface area contributed by atoms with Gasteiger partial charge in [-0.25, -0.2) is 0 Å². The predicted octanol–water partition coefficient (Wildman–Crippen LogP) is 6.13. The fraction of sp³-hybridized carbons (Fsp3) is 0.481. The SMILES string of the molecule is CC(=O)[C]12[CH]3[CH]4[CH]5[C]1(Cc1ccccc1)[Fe]45321678[CH]2[CH]1[CH]6[C]7(C(=O)Cc1ccccc1)[CH]28. The molecule has 10 aliphatic rings. The van der Waals surface area contributed by atoms with Crippen LogP contribution in [0.5, 0.6) is 0 Å². The zero-order valence-corrected chi connectivity index (χ0v) is 18.0. The van der Waals surface area contributed by atoms with Crippen LogP contribution in [0.25, 0.3) is 0 Å². The molecule has 0 aliphatic carbocycles. The Balaban J connectivity index is 1.18. The molecule has 30 heavy (non-hydrogen) atoms. The van der Waals surface area contributed by atoms with Crippen LogP contribution < -0.4 is 0 Å². The quantitative estimate of drug-likeness (QED) is 0.511. The van der Waals surface area contributed by atoms with Gasteiger partial charge in [-0.2, -0.15) is 0 Å². The van der Waals surface area contributed by atoms with E-state index in [1.165, 1.54) is 11.1 Å². The van der Waals surface area contributed by atoms with Crippen LogP contribution in [0.1, 0.15) is 18.1 Å². The van der Waals surface area contributed by atoms with Crippen LogP contribution in [-0.4, -0.2) is 11.6 Å². The van der Waals surface area contributed by atoms with Crippen molar-refractivity contribution in [2.75, 3.05) is 0 Å². The number of carbonyl (C=O) groups is 2. The van der Waals surface area contributed by atoms with Crippen molar-refractivity contribution in [3.8, 4) is 0 Å². The molecule has 0 radical (unpaired) electrons. The molecule has 0 N–H and O–H groups in total. The Morgan fingerprint density at radius 1 is 0.800 bits per heavy atom. The second-order valence-electron chi connectivity index (χ2n) is 14.3. The third-order valence-corrected chi connectivity index (χ3v) is 62.6. The van der Waals surface area contributed by atoms with Gasteiger partial charge in [0.1, 0.15) is 0 Å². The molecule has 2 nitrogen and oxygen atoms in total. The van der Waals surface area contributed by atoms with Crippen LogP contribution >= 0.6 is 0 Å². The van der Waals surface area contributed by atoms with Gasteiger partial charge in [0, 0.05) is 0 Å². The summed E-state index contributed by atoms with van der Waals surface area (Å²) in [4.78, 5) is 33.9. The molecule has 0 bridgehead atoms. The van der Waals surface area contributed by atoms with Crippen LogP contribution in [0, 0.1) is 0 Å². The molecule has 10 heterocycles. The molecule has 0 aromatic heterocycles. The summed E-state index contributed by atoms with van der Waals surface area (Å²) in [5.74, 6) is 1.15. The van der Waals surface area contributed by atoms with Gasteiger partial charge in [0.2, 0.25) is 0 Å². The van der Waals surface area contributed by atoms with Gasteiger partial charge in [0.15, 0.2) is 0 Å². The second kappa shape index (κ2) is 1.67. The van der Waals surface area contributed by atoms with E-state index in [2.05, 4.69) is 54.6 Å². The molecule has 1 spiro atoms. The Labute approximate surface area is 165 Å². The van der Waals surface area contributed by atoms with Crippen LogP contribution in [0.4, 0.5) is 0 Å². The number of hydrogen-bond acceptors (Lipinski definition) is 2. The first kappa shape index (κ1) is 13.7. The van der Waals surface area contributed by atoms with E-state index < -0.39 is 6.51 Å². The summed E-state index contributed by atoms with van der Waals surface area (Å²) in [6, 6.07) is 21.4. The molecular formula is C27H24FeO2. The van der Waals surface area contributed by atoms with Crippen LogP contribution in [0.15, 0.2) is 60.7 Å². The van der Waals surface area contributed by atoms with E-state index in [4.69, 9.17) is 0 Å². The first-order valence-electron chi connectivity index (χ1n) is 11.7. The summed E-state index contributed by atoms with van der Waals surface area (Å²) in [6.07, 6.45) is 1.76. The maximum absolute atomic E-state index is 14.3. The van der Waals surface area contributed by atoms with Gasteiger partial charge in [0.05, 0.1) is 0 Å². The standard InChI is InChI=1S/C14H13O.C13H11O.Fe/c1-11(15)14-9-5-8-13(14)10-12-6-3-2-4-7-12;14-13(12-8-4-5-9-12)10-11-6-2-1-3-7-11;/h2-9H,10H2,1H3;1-9H,10H2;. The third-order valence-electron chi connectivity index (χ3n) is 18.8. The number of hydrogen-bond donors (Lipinski definition) is 0. The average Bonchev–Trinajstić information content (AvgIpc) is 3.70. The summed E-state index contributed by atoms with van der Waals surface area (Å²) in [5, 5.41) is 0. The van der Waals surface area contributed by atoms with Crippen molar-refractivity contribution in [1.82, 2.24) is 0 Å². The third kappa shape index (κ3) is 0.222. The number of fused-ring (bicyclic) bond motifs is 10. The molecule has 152 valence electrons. The second-order valence-corrected chi connectivity index (χ2v) is 37.3. The number of rotatable bonds is 6. The first-order valence-corrected chi connectivity index (χ1v) is 17.8. The van der Waals surface area contributed by atoms with Crippen molar-refractivity contribution in [3.05, 3.63) is 71.8 Å². The molecule has 2 aromatic rings. The van der Waals surface area contributed by atoms with Gasteiger partial charge in [0.25, 0.3) is 0 Å². The topological polar surface area (TPSA) is 34.1 Å². The summed E-state index contributed by atoms with van der Waals surface area (Å²) >= 11 is 0. The number of Topliss-reactive ketones (excluding diaryl/α,β-unsaturated/α-hetero) is 2. The van der Waals surface area contributed by atoms with Gasteiger partial charge in [-0.1, -0.05) is 0 Å². The van der Waals surface area contributed by atoms with Gasteiger partial charge < -0.3 is 0 Å². The molecule has 10 aliphatic heterocycles. The van der Waals surface area contributed by atoms with Crippen molar-refractivity contribution in [1.29, 1.82) is 0 Å². The fourth-order valence-electron chi connectivity index (χ4n) is 21.5. The number of benzene rings is 2. The van der Waals surface area contributed by atoms with Gasteiger partial charge in [-0.05, 0) is 0 Å². The van der Waals surface area contributed by atoms with Crippen LogP contribution in [0.2, 0.25) is 46.7 Å². The Morgan fingerprint density at radius 3 is 1.93 bits per heavy atom. The summed E-state index contributed by atoms with van der Waals surface area (Å²) < 4.78 is 0.491. The summed E-state index contributed by atoms with van der Waals surface area (Å²) in [7, 11) is 0. The zero-order valence-electron chi connectivity index (χ0n) is 16.9. The summed E-state index contributed by atoms with van der Waals surface area (Å²) in [6.45, 7) is -2.32. The monoisotopic (exact) mass is 436 g/mol. The van der Waals surface area contributed by atoms with Crippen molar-refractivity contribution in [2.24, 2.45) is 0 Å². The molecule has 9 atom stereocenters. The molecule has 0 saturated carbocycles. The van der Waals surface area contributed by atoms with E-state index in [0.29, 0.717) is 22.3 Å². The Morgan fingerprint density at radius 2 is 1.40 bits per heavy atom. The number of carbonyl (C=O) groups excluding carboxylic acids is 2. The van der Waals surface area contributed by atoms with Gasteiger partial charge in [-0.15, -0.1) is 0 Å². The van der Waals surface area contributed by atoms with E-state index >= 15 is 0 Å². The van der Waals surface area contributed by atoms with E-state index in [-0.39, 0.29) is 8.63 Å². The zero-order chi connectivity index (χ0) is 19.7. The molecule has 12 rings (SSSR count). The fourth-order valence-corrected chi connectivity index (χ4v) is 100. The molecule has 0 amide bonds. The van der Waals surface area contributed by atoms with Gasteiger partial charge >= 0.3 is 166 Å². The first-order chi connectivity index (χ1) is 14.3. The van der Waals surface area contributed by atoms with Crippen LogP contribution in [0.3, 0.4) is 0 Å². The molecule has 2 aromatic carbocycles. The van der Waals surface area contributed by atoms with E-state index in [9.17, 15) is 9.59 Å². The minimum atomic E-state index is -4.27. The Hall–Kier alpha value is -1.70. The molecule has 10 saturated heterocycles. The van der Waals surface area contributed by atoms with Crippen molar-refractivity contribution in [3.63, 3.8) is 0 Å². The average molecular weight is 436 g/mol. The summed E-state index contributed by atoms with van der Waals surface area (Å²) in [5.41, 5.74) is 2.63. The number of ketones is 2.